The van der Waals surface area contributed by atoms with E-state index in [1.54, 1.807) is 15.5 Å². The fourth-order valence-electron chi connectivity index (χ4n) is 3.01. The van der Waals surface area contributed by atoms with Crippen LogP contribution in [0.1, 0.15) is 57.5 Å². The van der Waals surface area contributed by atoms with Gasteiger partial charge in [-0.25, -0.2) is 14.3 Å². The zero-order valence-corrected chi connectivity index (χ0v) is 15.3. The lowest BCUT2D eigenvalue weighted by atomic mass is 10.00. The van der Waals surface area contributed by atoms with Gasteiger partial charge in [0.2, 0.25) is 0 Å². The lowest BCUT2D eigenvalue weighted by Crippen LogP contribution is -2.42. The number of hydrogen-bond acceptors (Lipinski definition) is 4. The number of carbonyl (C=O) groups is 1. The predicted octanol–water partition coefficient (Wildman–Crippen LogP) is 4.15. The van der Waals surface area contributed by atoms with Gasteiger partial charge in [0, 0.05) is 18.3 Å². The SMILES string of the molecule is Cc1cc(Cl)n2nc([C@@H]3CCCCN3C(=O)OC(C)(C)C)cc2n1. The molecule has 1 aliphatic rings. The first-order valence-electron chi connectivity index (χ1n) is 8.27. The number of amides is 1. The van der Waals surface area contributed by atoms with Crippen molar-refractivity contribution in [3.05, 3.63) is 28.7 Å². The van der Waals surface area contributed by atoms with Gasteiger partial charge in [-0.2, -0.15) is 5.10 Å². The van der Waals surface area contributed by atoms with E-state index in [0.29, 0.717) is 17.3 Å². The predicted molar refractivity (Wildman–Crippen MR) is 92.3 cm³/mol. The Labute approximate surface area is 146 Å². The van der Waals surface area contributed by atoms with E-state index in [2.05, 4.69) is 10.1 Å². The van der Waals surface area contributed by atoms with E-state index in [1.165, 1.54) is 0 Å². The van der Waals surface area contributed by atoms with Crippen molar-refractivity contribution in [3.8, 4) is 0 Å². The molecule has 24 heavy (non-hydrogen) atoms. The minimum absolute atomic E-state index is 0.105. The highest BCUT2D eigenvalue weighted by molar-refractivity contribution is 6.29. The van der Waals surface area contributed by atoms with Crippen molar-refractivity contribution in [1.82, 2.24) is 19.5 Å². The smallest absolute Gasteiger partial charge is 0.410 e. The molecule has 1 saturated heterocycles. The molecule has 0 unspecified atom stereocenters. The normalized spacial score (nSPS) is 18.9. The van der Waals surface area contributed by atoms with E-state index in [9.17, 15) is 4.79 Å². The molecule has 1 fully saturated rings. The molecule has 3 rings (SSSR count). The summed E-state index contributed by atoms with van der Waals surface area (Å²) in [5.74, 6) is 0. The largest absolute Gasteiger partial charge is 0.444 e. The molecular formula is C17H23ClN4O2. The molecule has 7 heteroatoms. The summed E-state index contributed by atoms with van der Waals surface area (Å²) in [7, 11) is 0. The van der Waals surface area contributed by atoms with Gasteiger partial charge in [0.25, 0.3) is 0 Å². The molecule has 2 aromatic rings. The van der Waals surface area contributed by atoms with E-state index in [0.717, 1.165) is 30.7 Å². The third-order valence-electron chi connectivity index (χ3n) is 4.00. The Kier molecular flexibility index (Phi) is 4.42. The van der Waals surface area contributed by atoms with E-state index in [1.807, 2.05) is 33.8 Å². The standard InChI is InChI=1S/C17H23ClN4O2/c1-11-9-14(18)22-15(19-11)10-12(20-22)13-7-5-6-8-21(13)16(23)24-17(2,3)4/h9-10,13H,5-8H2,1-4H3/t13-/m0/s1. The van der Waals surface area contributed by atoms with Crippen LogP contribution in [0, 0.1) is 6.92 Å². The number of hydrogen-bond donors (Lipinski definition) is 0. The molecule has 0 bridgehead atoms. The second-order valence-corrected chi connectivity index (χ2v) is 7.63. The van der Waals surface area contributed by atoms with E-state index in [4.69, 9.17) is 16.3 Å². The van der Waals surface area contributed by atoms with Crippen LogP contribution in [-0.4, -0.2) is 37.7 Å². The van der Waals surface area contributed by atoms with Crippen LogP contribution in [0.25, 0.3) is 5.65 Å². The Hall–Kier alpha value is -1.82. The molecule has 0 radical (unpaired) electrons. The summed E-state index contributed by atoms with van der Waals surface area (Å²) in [5, 5.41) is 5.10. The van der Waals surface area contributed by atoms with Crippen molar-refractivity contribution in [3.63, 3.8) is 0 Å². The summed E-state index contributed by atoms with van der Waals surface area (Å²) in [5.41, 5.74) is 1.83. The third kappa shape index (κ3) is 3.48. The van der Waals surface area contributed by atoms with Crippen LogP contribution >= 0.6 is 11.6 Å². The number of carbonyl (C=O) groups excluding carboxylic acids is 1. The summed E-state index contributed by atoms with van der Waals surface area (Å²) in [4.78, 5) is 18.8. The molecule has 6 nitrogen and oxygen atoms in total. The Morgan fingerprint density at radius 2 is 2.08 bits per heavy atom. The molecule has 0 aromatic carbocycles. The van der Waals surface area contributed by atoms with Gasteiger partial charge in [-0.05, 0) is 53.0 Å². The van der Waals surface area contributed by atoms with Gasteiger partial charge >= 0.3 is 6.09 Å². The monoisotopic (exact) mass is 350 g/mol. The van der Waals surface area contributed by atoms with Gasteiger partial charge in [0.05, 0.1) is 11.7 Å². The molecule has 130 valence electrons. The van der Waals surface area contributed by atoms with Crippen molar-refractivity contribution in [2.75, 3.05) is 6.54 Å². The van der Waals surface area contributed by atoms with Crippen LogP contribution in [0.3, 0.4) is 0 Å². The zero-order chi connectivity index (χ0) is 17.5. The molecule has 0 aliphatic carbocycles. The highest BCUT2D eigenvalue weighted by Gasteiger charge is 2.33. The molecule has 3 heterocycles. The summed E-state index contributed by atoms with van der Waals surface area (Å²) in [6.07, 6.45) is 2.60. The van der Waals surface area contributed by atoms with E-state index < -0.39 is 5.60 Å². The Morgan fingerprint density at radius 1 is 1.33 bits per heavy atom. The van der Waals surface area contributed by atoms with Gasteiger partial charge in [-0.3, -0.25) is 4.90 Å². The van der Waals surface area contributed by atoms with Crippen LogP contribution in [0.15, 0.2) is 12.1 Å². The molecule has 1 amide bonds. The first-order valence-corrected chi connectivity index (χ1v) is 8.65. The minimum atomic E-state index is -0.514. The highest BCUT2D eigenvalue weighted by Crippen LogP contribution is 2.32. The fourth-order valence-corrected chi connectivity index (χ4v) is 3.30. The lowest BCUT2D eigenvalue weighted by molar-refractivity contribution is 0.00898. The number of nitrogens with zero attached hydrogens (tertiary/aromatic N) is 4. The van der Waals surface area contributed by atoms with Crippen molar-refractivity contribution in [2.45, 2.75) is 58.6 Å². The summed E-state index contributed by atoms with van der Waals surface area (Å²) >= 11 is 6.26. The molecule has 0 N–H and O–H groups in total. The Balaban J connectivity index is 1.93. The van der Waals surface area contributed by atoms with Crippen molar-refractivity contribution in [1.29, 1.82) is 0 Å². The number of aryl methyl sites for hydroxylation is 1. The number of aromatic nitrogens is 3. The van der Waals surface area contributed by atoms with Gasteiger partial charge in [0.15, 0.2) is 5.65 Å². The maximum Gasteiger partial charge on any atom is 0.410 e. The summed E-state index contributed by atoms with van der Waals surface area (Å²) < 4.78 is 7.17. The second-order valence-electron chi connectivity index (χ2n) is 7.24. The topological polar surface area (TPSA) is 59.7 Å². The lowest BCUT2D eigenvalue weighted by Gasteiger charge is -2.35. The van der Waals surface area contributed by atoms with Gasteiger partial charge in [-0.15, -0.1) is 0 Å². The quantitative estimate of drug-likeness (QED) is 0.725. The zero-order valence-electron chi connectivity index (χ0n) is 14.5. The minimum Gasteiger partial charge on any atom is -0.444 e. The van der Waals surface area contributed by atoms with Crippen molar-refractivity contribution >= 4 is 23.3 Å². The highest BCUT2D eigenvalue weighted by atomic mass is 35.5. The first kappa shape index (κ1) is 17.0. The van der Waals surface area contributed by atoms with Crippen LogP contribution in [0.5, 0.6) is 0 Å². The average molecular weight is 351 g/mol. The van der Waals surface area contributed by atoms with E-state index in [-0.39, 0.29) is 12.1 Å². The summed E-state index contributed by atoms with van der Waals surface area (Å²) in [6.45, 7) is 8.20. The van der Waals surface area contributed by atoms with E-state index >= 15 is 0 Å². The van der Waals surface area contributed by atoms with Gasteiger partial charge in [0.1, 0.15) is 10.8 Å². The van der Waals surface area contributed by atoms with Crippen LogP contribution in [0.2, 0.25) is 5.15 Å². The van der Waals surface area contributed by atoms with Crippen molar-refractivity contribution < 1.29 is 9.53 Å². The Morgan fingerprint density at radius 3 is 2.79 bits per heavy atom. The third-order valence-corrected chi connectivity index (χ3v) is 4.27. The van der Waals surface area contributed by atoms with Gasteiger partial charge in [-0.1, -0.05) is 11.6 Å². The number of halogens is 1. The molecule has 1 aliphatic heterocycles. The molecule has 2 aromatic heterocycles. The maximum absolute atomic E-state index is 12.6. The summed E-state index contributed by atoms with van der Waals surface area (Å²) in [6, 6.07) is 3.58. The number of fused-ring (bicyclic) bond motifs is 1. The Bertz CT molecular complexity index is 766. The van der Waals surface area contributed by atoms with Crippen LogP contribution < -0.4 is 0 Å². The number of likely N-dealkylation sites (tertiary alicyclic amines) is 1. The van der Waals surface area contributed by atoms with Crippen LogP contribution in [-0.2, 0) is 4.74 Å². The van der Waals surface area contributed by atoms with Gasteiger partial charge < -0.3 is 4.74 Å². The van der Waals surface area contributed by atoms with Crippen molar-refractivity contribution in [2.24, 2.45) is 0 Å². The maximum atomic E-state index is 12.6. The van der Waals surface area contributed by atoms with Crippen LogP contribution in [0.4, 0.5) is 4.79 Å². The molecule has 0 saturated carbocycles. The second kappa shape index (κ2) is 6.24. The number of piperidine rings is 1. The number of rotatable bonds is 1. The molecule has 0 spiro atoms. The molecule has 1 atom stereocenters. The average Bonchev–Trinajstić information content (AvgIpc) is 2.89. The molecular weight excluding hydrogens is 328 g/mol. The number of ether oxygens (including phenoxy) is 1. The fraction of sp³-hybridized carbons (Fsp3) is 0.588. The first-order chi connectivity index (χ1) is 11.2.